The third kappa shape index (κ3) is 3.72. The Hall–Kier alpha value is -1.63. The number of likely N-dealkylation sites (tertiary alicyclic amines) is 2. The topological polar surface area (TPSA) is 90.0 Å². The molecule has 0 aromatic rings. The highest BCUT2D eigenvalue weighted by Gasteiger charge is 2.33. The first-order valence-electron chi connectivity index (χ1n) is 7.49. The monoisotopic (exact) mass is 297 g/mol. The molecule has 0 saturated carbocycles. The normalized spacial score (nSPS) is 24.0. The summed E-state index contributed by atoms with van der Waals surface area (Å²) in [5, 5.41) is 11.6. The summed E-state index contributed by atoms with van der Waals surface area (Å²) in [7, 11) is 1.61. The summed E-state index contributed by atoms with van der Waals surface area (Å²) in [6.07, 6.45) is 2.74. The Labute approximate surface area is 124 Å². The molecule has 2 aliphatic heterocycles. The standard InChI is InChI=1S/C14H23N3O4/c1-15-13(19)11-3-2-6-17(11)9-12(18)16-7-4-10(5-8-16)14(20)21/h10-11H,2-9H2,1H3,(H,15,19)(H,20,21). The summed E-state index contributed by atoms with van der Waals surface area (Å²) in [6.45, 7) is 1.99. The van der Waals surface area contributed by atoms with Crippen LogP contribution in [0.3, 0.4) is 0 Å². The van der Waals surface area contributed by atoms with Crippen LogP contribution in [0, 0.1) is 5.92 Å². The first kappa shape index (κ1) is 15.8. The molecule has 7 nitrogen and oxygen atoms in total. The van der Waals surface area contributed by atoms with Crippen molar-refractivity contribution in [2.75, 3.05) is 33.2 Å². The van der Waals surface area contributed by atoms with E-state index in [1.54, 1.807) is 11.9 Å². The molecule has 0 aromatic heterocycles. The predicted molar refractivity (Wildman–Crippen MR) is 75.6 cm³/mol. The molecular formula is C14H23N3O4. The Morgan fingerprint density at radius 1 is 1.14 bits per heavy atom. The zero-order valence-electron chi connectivity index (χ0n) is 12.4. The third-order valence-electron chi connectivity index (χ3n) is 4.45. The van der Waals surface area contributed by atoms with Gasteiger partial charge in [-0.2, -0.15) is 0 Å². The fourth-order valence-corrected chi connectivity index (χ4v) is 3.13. The molecule has 1 unspecified atom stereocenters. The minimum atomic E-state index is -0.777. The SMILES string of the molecule is CNC(=O)C1CCCN1CC(=O)N1CCC(C(=O)O)CC1. The molecule has 2 aliphatic rings. The van der Waals surface area contributed by atoms with E-state index in [2.05, 4.69) is 5.32 Å². The van der Waals surface area contributed by atoms with Gasteiger partial charge in [0.05, 0.1) is 18.5 Å². The number of likely N-dealkylation sites (N-methyl/N-ethyl adjacent to an activating group) is 1. The second-order valence-corrected chi connectivity index (χ2v) is 5.74. The zero-order valence-corrected chi connectivity index (χ0v) is 12.4. The number of amides is 2. The van der Waals surface area contributed by atoms with Crippen LogP contribution in [0.4, 0.5) is 0 Å². The van der Waals surface area contributed by atoms with Crippen LogP contribution in [0.1, 0.15) is 25.7 Å². The zero-order chi connectivity index (χ0) is 15.4. The lowest BCUT2D eigenvalue weighted by molar-refractivity contribution is -0.146. The Kier molecular flexibility index (Phi) is 5.17. The van der Waals surface area contributed by atoms with Gasteiger partial charge in [-0.1, -0.05) is 0 Å². The lowest BCUT2D eigenvalue weighted by Crippen LogP contribution is -2.49. The van der Waals surface area contributed by atoms with Crippen LogP contribution < -0.4 is 5.32 Å². The number of rotatable bonds is 4. The highest BCUT2D eigenvalue weighted by molar-refractivity contribution is 5.84. The Bertz CT molecular complexity index is 418. The second-order valence-electron chi connectivity index (χ2n) is 5.74. The predicted octanol–water partition coefficient (Wildman–Crippen LogP) is -0.480. The van der Waals surface area contributed by atoms with Crippen LogP contribution in [-0.4, -0.2) is 72.0 Å². The van der Waals surface area contributed by atoms with Gasteiger partial charge >= 0.3 is 5.97 Å². The Morgan fingerprint density at radius 3 is 2.38 bits per heavy atom. The van der Waals surface area contributed by atoms with Crippen molar-refractivity contribution in [2.45, 2.75) is 31.7 Å². The first-order valence-corrected chi connectivity index (χ1v) is 7.49. The van der Waals surface area contributed by atoms with Crippen LogP contribution >= 0.6 is 0 Å². The summed E-state index contributed by atoms with van der Waals surface area (Å²) >= 11 is 0. The van der Waals surface area contributed by atoms with Crippen molar-refractivity contribution >= 4 is 17.8 Å². The summed E-state index contributed by atoms with van der Waals surface area (Å²) in [6, 6.07) is -0.212. The molecule has 2 fully saturated rings. The second kappa shape index (κ2) is 6.89. The van der Waals surface area contributed by atoms with Crippen molar-refractivity contribution in [3.63, 3.8) is 0 Å². The average molecular weight is 297 g/mol. The number of nitrogens with one attached hydrogen (secondary N) is 1. The van der Waals surface area contributed by atoms with Crippen LogP contribution in [0.5, 0.6) is 0 Å². The van der Waals surface area contributed by atoms with Gasteiger partial charge in [-0.05, 0) is 32.2 Å². The maximum Gasteiger partial charge on any atom is 0.306 e. The molecule has 0 aromatic carbocycles. The largest absolute Gasteiger partial charge is 0.481 e. The summed E-state index contributed by atoms with van der Waals surface area (Å²) in [5.74, 6) is -1.15. The van der Waals surface area contributed by atoms with Crippen molar-refractivity contribution in [3.8, 4) is 0 Å². The average Bonchev–Trinajstić information content (AvgIpc) is 2.94. The molecule has 2 saturated heterocycles. The van der Waals surface area contributed by atoms with Gasteiger partial charge in [0, 0.05) is 20.1 Å². The maximum absolute atomic E-state index is 12.3. The van der Waals surface area contributed by atoms with Crippen molar-refractivity contribution in [1.82, 2.24) is 15.1 Å². The van der Waals surface area contributed by atoms with Crippen LogP contribution in [0.15, 0.2) is 0 Å². The van der Waals surface area contributed by atoms with Gasteiger partial charge in [0.2, 0.25) is 11.8 Å². The number of aliphatic carboxylic acids is 1. The third-order valence-corrected chi connectivity index (χ3v) is 4.45. The molecule has 2 rings (SSSR count). The number of carbonyl (C=O) groups excluding carboxylic acids is 2. The van der Waals surface area contributed by atoms with Gasteiger partial charge in [0.1, 0.15) is 0 Å². The van der Waals surface area contributed by atoms with E-state index < -0.39 is 5.97 Å². The van der Waals surface area contributed by atoms with Gasteiger partial charge in [-0.3, -0.25) is 19.3 Å². The van der Waals surface area contributed by atoms with Gasteiger partial charge in [0.15, 0.2) is 0 Å². The van der Waals surface area contributed by atoms with E-state index in [-0.39, 0.29) is 30.3 Å². The van der Waals surface area contributed by atoms with E-state index in [9.17, 15) is 14.4 Å². The Morgan fingerprint density at radius 2 is 1.81 bits per heavy atom. The van der Waals surface area contributed by atoms with Crippen LogP contribution in [-0.2, 0) is 14.4 Å². The molecule has 2 heterocycles. The number of carboxylic acid groups (broad SMARTS) is 1. The van der Waals surface area contributed by atoms with Crippen LogP contribution in [0.2, 0.25) is 0 Å². The molecule has 0 spiro atoms. The van der Waals surface area contributed by atoms with Crippen molar-refractivity contribution in [2.24, 2.45) is 5.92 Å². The number of carboxylic acids is 1. The summed E-state index contributed by atoms with van der Waals surface area (Å²) in [4.78, 5) is 38.6. The van der Waals surface area contributed by atoms with Crippen molar-refractivity contribution in [1.29, 1.82) is 0 Å². The minimum Gasteiger partial charge on any atom is -0.481 e. The molecule has 1 atom stereocenters. The van der Waals surface area contributed by atoms with E-state index in [4.69, 9.17) is 5.11 Å². The molecule has 2 N–H and O–H groups in total. The molecule has 0 aliphatic carbocycles. The molecule has 2 amide bonds. The number of carbonyl (C=O) groups is 3. The smallest absolute Gasteiger partial charge is 0.306 e. The van der Waals surface area contributed by atoms with Gasteiger partial charge in [-0.25, -0.2) is 0 Å². The molecule has 7 heteroatoms. The fourth-order valence-electron chi connectivity index (χ4n) is 3.13. The lowest BCUT2D eigenvalue weighted by Gasteiger charge is -2.32. The van der Waals surface area contributed by atoms with E-state index in [0.29, 0.717) is 25.9 Å². The quantitative estimate of drug-likeness (QED) is 0.731. The molecule has 0 radical (unpaired) electrons. The highest BCUT2D eigenvalue weighted by Crippen LogP contribution is 2.20. The molecule has 0 bridgehead atoms. The van der Waals surface area contributed by atoms with E-state index in [1.165, 1.54) is 0 Å². The summed E-state index contributed by atoms with van der Waals surface area (Å²) in [5.41, 5.74) is 0. The maximum atomic E-state index is 12.3. The van der Waals surface area contributed by atoms with Crippen molar-refractivity contribution in [3.05, 3.63) is 0 Å². The van der Waals surface area contributed by atoms with Crippen molar-refractivity contribution < 1.29 is 19.5 Å². The summed E-state index contributed by atoms with van der Waals surface area (Å²) < 4.78 is 0. The number of nitrogens with zero attached hydrogens (tertiary/aromatic N) is 2. The fraction of sp³-hybridized carbons (Fsp3) is 0.786. The highest BCUT2D eigenvalue weighted by atomic mass is 16.4. The molecule has 21 heavy (non-hydrogen) atoms. The van der Waals surface area contributed by atoms with E-state index >= 15 is 0 Å². The van der Waals surface area contributed by atoms with E-state index in [1.807, 2.05) is 4.90 Å². The van der Waals surface area contributed by atoms with Gasteiger partial charge in [-0.15, -0.1) is 0 Å². The minimum absolute atomic E-state index is 0.00496. The number of hydrogen-bond donors (Lipinski definition) is 2. The van der Waals surface area contributed by atoms with E-state index in [0.717, 1.165) is 19.4 Å². The molecular weight excluding hydrogens is 274 g/mol. The van der Waals surface area contributed by atoms with Crippen LogP contribution in [0.25, 0.3) is 0 Å². The van der Waals surface area contributed by atoms with Gasteiger partial charge in [0.25, 0.3) is 0 Å². The first-order chi connectivity index (χ1) is 10.0. The number of hydrogen-bond acceptors (Lipinski definition) is 4. The molecule has 118 valence electrons. The Balaban J connectivity index is 1.84. The van der Waals surface area contributed by atoms with Gasteiger partial charge < -0.3 is 15.3 Å². The number of piperidine rings is 1. The lowest BCUT2D eigenvalue weighted by atomic mass is 9.97.